The van der Waals surface area contributed by atoms with Gasteiger partial charge in [-0.2, -0.15) is 25.3 Å². The van der Waals surface area contributed by atoms with Crippen LogP contribution in [0.2, 0.25) is 0 Å². The van der Waals surface area contributed by atoms with E-state index in [1.165, 1.54) is 6.92 Å². The molecule has 8 nitrogen and oxygen atoms in total. The molecule has 0 aromatic carbocycles. The van der Waals surface area contributed by atoms with Crippen molar-refractivity contribution in [2.45, 2.75) is 25.1 Å². The summed E-state index contributed by atoms with van der Waals surface area (Å²) in [6.07, 6.45) is 0. The van der Waals surface area contributed by atoms with Crippen LogP contribution in [-0.2, 0) is 19.2 Å². The first-order valence-corrected chi connectivity index (χ1v) is 6.55. The number of rotatable bonds is 6. The van der Waals surface area contributed by atoms with Gasteiger partial charge in [0.05, 0.1) is 5.25 Å². The standard InChI is InChI=1S/2C5H9NO3S/c1-3(7)6-4(2-10)5(8)9;1-3(10)5(9)6-2-4(7)8/h4,10H,2H2,1H3,(H,6,7)(H,8,9);3,10H,2H2,1H3,(H,6,9)(H,7,8)/t4-;/m0./s1. The van der Waals surface area contributed by atoms with E-state index in [0.717, 1.165) is 0 Å². The Balaban J connectivity index is 0. The maximum absolute atomic E-state index is 10.6. The van der Waals surface area contributed by atoms with E-state index in [9.17, 15) is 19.2 Å². The maximum Gasteiger partial charge on any atom is 0.327 e. The fourth-order valence-corrected chi connectivity index (χ4v) is 1.08. The molecule has 2 atom stereocenters. The Morgan fingerprint density at radius 2 is 1.70 bits per heavy atom. The van der Waals surface area contributed by atoms with Crippen molar-refractivity contribution >= 4 is 49.0 Å². The van der Waals surface area contributed by atoms with Crippen molar-refractivity contribution in [2.75, 3.05) is 12.3 Å². The lowest BCUT2D eigenvalue weighted by atomic mass is 10.3. The fraction of sp³-hybridized carbons (Fsp3) is 0.600. The minimum Gasteiger partial charge on any atom is -0.480 e. The third kappa shape index (κ3) is 13.0. The van der Waals surface area contributed by atoms with Gasteiger partial charge in [0.15, 0.2) is 0 Å². The molecule has 0 bridgehead atoms. The van der Waals surface area contributed by atoms with Crippen LogP contribution in [-0.4, -0.2) is 57.6 Å². The van der Waals surface area contributed by atoms with Crippen LogP contribution in [0.5, 0.6) is 0 Å². The van der Waals surface area contributed by atoms with Gasteiger partial charge in [0.25, 0.3) is 0 Å². The van der Waals surface area contributed by atoms with Gasteiger partial charge in [-0.1, -0.05) is 0 Å². The molecular formula is C10H18N2O6S2. The quantitative estimate of drug-likeness (QED) is 0.347. The Labute approximate surface area is 127 Å². The van der Waals surface area contributed by atoms with Gasteiger partial charge in [0.1, 0.15) is 12.6 Å². The third-order valence-corrected chi connectivity index (χ3v) is 2.25. The number of hydrogen-bond donors (Lipinski definition) is 6. The van der Waals surface area contributed by atoms with Crippen molar-refractivity contribution in [3.05, 3.63) is 0 Å². The Hall–Kier alpha value is -1.42. The van der Waals surface area contributed by atoms with Crippen LogP contribution in [0.1, 0.15) is 13.8 Å². The molecule has 116 valence electrons. The van der Waals surface area contributed by atoms with Gasteiger partial charge in [-0.05, 0) is 6.92 Å². The molecular weight excluding hydrogens is 308 g/mol. The van der Waals surface area contributed by atoms with Crippen LogP contribution in [0.4, 0.5) is 0 Å². The van der Waals surface area contributed by atoms with Crippen LogP contribution >= 0.6 is 25.3 Å². The summed E-state index contributed by atoms with van der Waals surface area (Å²) in [6, 6.07) is -0.874. The molecule has 0 aliphatic carbocycles. The summed E-state index contributed by atoms with van der Waals surface area (Å²) >= 11 is 7.52. The zero-order valence-corrected chi connectivity index (χ0v) is 12.8. The van der Waals surface area contributed by atoms with Gasteiger partial charge >= 0.3 is 11.9 Å². The van der Waals surface area contributed by atoms with E-state index in [0.29, 0.717) is 0 Å². The smallest absolute Gasteiger partial charge is 0.327 e. The molecule has 0 radical (unpaired) electrons. The maximum atomic E-state index is 10.6. The number of hydrogen-bond acceptors (Lipinski definition) is 6. The first-order chi connectivity index (χ1) is 9.11. The van der Waals surface area contributed by atoms with Gasteiger partial charge in [-0.25, -0.2) is 4.79 Å². The van der Waals surface area contributed by atoms with Crippen molar-refractivity contribution in [3.8, 4) is 0 Å². The van der Waals surface area contributed by atoms with Gasteiger partial charge < -0.3 is 20.8 Å². The minimum atomic E-state index is -1.06. The second-order valence-electron chi connectivity index (χ2n) is 3.56. The molecule has 0 aliphatic rings. The minimum absolute atomic E-state index is 0.106. The Kier molecular flexibility index (Phi) is 11.9. The van der Waals surface area contributed by atoms with E-state index in [-0.39, 0.29) is 24.1 Å². The summed E-state index contributed by atoms with van der Waals surface area (Å²) in [5.74, 6) is -2.74. The summed E-state index contributed by atoms with van der Waals surface area (Å²) in [4.78, 5) is 41.0. The molecule has 0 rings (SSSR count). The highest BCUT2D eigenvalue weighted by molar-refractivity contribution is 7.81. The van der Waals surface area contributed by atoms with Crippen molar-refractivity contribution in [2.24, 2.45) is 0 Å². The predicted octanol–water partition coefficient (Wildman–Crippen LogP) is -0.989. The van der Waals surface area contributed by atoms with Crippen LogP contribution in [0.25, 0.3) is 0 Å². The highest BCUT2D eigenvalue weighted by Crippen LogP contribution is 1.90. The molecule has 1 unspecified atom stereocenters. The summed E-state index contributed by atoms with van der Waals surface area (Å²) in [7, 11) is 0. The van der Waals surface area contributed by atoms with E-state index >= 15 is 0 Å². The number of thiol groups is 2. The molecule has 0 spiro atoms. The highest BCUT2D eigenvalue weighted by atomic mass is 32.1. The zero-order chi connectivity index (χ0) is 16.3. The zero-order valence-electron chi connectivity index (χ0n) is 11.0. The number of carboxylic acids is 2. The van der Waals surface area contributed by atoms with E-state index in [1.807, 2.05) is 0 Å². The normalized spacial score (nSPS) is 12.2. The lowest BCUT2D eigenvalue weighted by Crippen LogP contribution is -2.40. The largest absolute Gasteiger partial charge is 0.480 e. The Bertz CT molecular complexity index is 362. The predicted molar refractivity (Wildman–Crippen MR) is 78.2 cm³/mol. The molecule has 10 heteroatoms. The lowest BCUT2D eigenvalue weighted by Gasteiger charge is -2.08. The van der Waals surface area contributed by atoms with Crippen LogP contribution in [0.15, 0.2) is 0 Å². The second-order valence-corrected chi connectivity index (χ2v) is 4.70. The fourth-order valence-electron chi connectivity index (χ4n) is 0.741. The van der Waals surface area contributed by atoms with E-state index < -0.39 is 23.2 Å². The molecule has 0 heterocycles. The number of amides is 2. The third-order valence-electron chi connectivity index (χ3n) is 1.65. The van der Waals surface area contributed by atoms with Crippen molar-refractivity contribution in [3.63, 3.8) is 0 Å². The Morgan fingerprint density at radius 3 is 1.90 bits per heavy atom. The van der Waals surface area contributed by atoms with Crippen molar-refractivity contribution in [1.82, 2.24) is 10.6 Å². The molecule has 0 aromatic rings. The number of nitrogens with one attached hydrogen (secondary N) is 2. The molecule has 4 N–H and O–H groups in total. The number of carbonyl (C=O) groups is 4. The number of carboxylic acid groups (broad SMARTS) is 2. The average Bonchev–Trinajstić information content (AvgIpc) is 2.32. The van der Waals surface area contributed by atoms with Crippen LogP contribution in [0.3, 0.4) is 0 Å². The van der Waals surface area contributed by atoms with Crippen LogP contribution in [0, 0.1) is 0 Å². The van der Waals surface area contributed by atoms with E-state index in [4.69, 9.17) is 10.2 Å². The summed E-state index contributed by atoms with van der Waals surface area (Å²) < 4.78 is 0. The van der Waals surface area contributed by atoms with Crippen molar-refractivity contribution in [1.29, 1.82) is 0 Å². The van der Waals surface area contributed by atoms with Crippen LogP contribution < -0.4 is 10.6 Å². The van der Waals surface area contributed by atoms with Gasteiger partial charge in [0.2, 0.25) is 11.8 Å². The number of carbonyl (C=O) groups excluding carboxylic acids is 2. The topological polar surface area (TPSA) is 133 Å². The van der Waals surface area contributed by atoms with E-state index in [1.54, 1.807) is 6.92 Å². The summed E-state index contributed by atoms with van der Waals surface area (Å²) in [5.41, 5.74) is 0. The first kappa shape index (κ1) is 20.9. The summed E-state index contributed by atoms with van der Waals surface area (Å²) in [6.45, 7) is 2.49. The molecule has 0 saturated carbocycles. The highest BCUT2D eigenvalue weighted by Gasteiger charge is 2.15. The first-order valence-electron chi connectivity index (χ1n) is 5.40. The second kappa shape index (κ2) is 11.4. The number of aliphatic carboxylic acids is 2. The van der Waals surface area contributed by atoms with Gasteiger partial charge in [0, 0.05) is 12.7 Å². The molecule has 0 aromatic heterocycles. The molecule has 0 aliphatic heterocycles. The summed E-state index contributed by atoms with van der Waals surface area (Å²) in [5, 5.41) is 20.4. The Morgan fingerprint density at radius 1 is 1.20 bits per heavy atom. The lowest BCUT2D eigenvalue weighted by molar-refractivity contribution is -0.140. The molecule has 0 fully saturated rings. The molecule has 0 saturated heterocycles. The molecule has 20 heavy (non-hydrogen) atoms. The van der Waals surface area contributed by atoms with Crippen molar-refractivity contribution < 1.29 is 29.4 Å². The van der Waals surface area contributed by atoms with E-state index in [2.05, 4.69) is 35.9 Å². The monoisotopic (exact) mass is 326 g/mol. The van der Waals surface area contributed by atoms with Gasteiger partial charge in [-0.3, -0.25) is 14.4 Å². The molecule has 2 amide bonds. The van der Waals surface area contributed by atoms with Gasteiger partial charge in [-0.15, -0.1) is 0 Å². The average molecular weight is 326 g/mol. The SMILES string of the molecule is CC(=O)N[C@@H](CS)C(=O)O.CC(S)C(=O)NCC(=O)O.